The second kappa shape index (κ2) is 4.56. The molecule has 0 aromatic carbocycles. The van der Waals surface area contributed by atoms with E-state index in [2.05, 4.69) is 9.97 Å². The molecule has 0 saturated heterocycles. The standard InChI is InChI=1S/C11H9N3O3/c1-17-9-3-5-13-11(7-9)10-6-8(14(15)16)2-4-12-10/h2-7H,1H3. The average molecular weight is 231 g/mol. The van der Waals surface area contributed by atoms with Crippen LogP contribution in [0.4, 0.5) is 5.69 Å². The normalized spacial score (nSPS) is 9.94. The molecule has 0 unspecified atom stereocenters. The van der Waals surface area contributed by atoms with E-state index >= 15 is 0 Å². The Labute approximate surface area is 97.1 Å². The molecule has 2 aromatic rings. The van der Waals surface area contributed by atoms with Gasteiger partial charge in [-0.3, -0.25) is 20.1 Å². The van der Waals surface area contributed by atoms with Crippen LogP contribution in [0.3, 0.4) is 0 Å². The largest absolute Gasteiger partial charge is 0.497 e. The maximum atomic E-state index is 10.6. The van der Waals surface area contributed by atoms with Crippen LogP contribution < -0.4 is 4.74 Å². The van der Waals surface area contributed by atoms with Crippen molar-refractivity contribution in [2.24, 2.45) is 0 Å². The molecule has 86 valence electrons. The second-order valence-electron chi connectivity index (χ2n) is 3.24. The first kappa shape index (κ1) is 11.0. The lowest BCUT2D eigenvalue weighted by atomic mass is 10.2. The van der Waals surface area contributed by atoms with Gasteiger partial charge in [0.15, 0.2) is 0 Å². The van der Waals surface area contributed by atoms with Gasteiger partial charge in [-0.1, -0.05) is 0 Å². The van der Waals surface area contributed by atoms with Crippen molar-refractivity contribution in [3.63, 3.8) is 0 Å². The summed E-state index contributed by atoms with van der Waals surface area (Å²) in [5, 5.41) is 10.6. The van der Waals surface area contributed by atoms with Crippen molar-refractivity contribution in [1.82, 2.24) is 9.97 Å². The van der Waals surface area contributed by atoms with Crippen LogP contribution in [0.25, 0.3) is 11.4 Å². The molecule has 0 spiro atoms. The number of ether oxygens (including phenoxy) is 1. The van der Waals surface area contributed by atoms with Gasteiger partial charge < -0.3 is 4.74 Å². The summed E-state index contributed by atoms with van der Waals surface area (Å²) >= 11 is 0. The molecule has 6 heteroatoms. The number of nitro groups is 1. The zero-order valence-electron chi connectivity index (χ0n) is 9.03. The minimum atomic E-state index is -0.467. The lowest BCUT2D eigenvalue weighted by molar-refractivity contribution is -0.384. The molecule has 0 fully saturated rings. The van der Waals surface area contributed by atoms with E-state index in [0.717, 1.165) is 0 Å². The van der Waals surface area contributed by atoms with Gasteiger partial charge in [-0.05, 0) is 6.07 Å². The summed E-state index contributed by atoms with van der Waals surface area (Å²) in [6, 6.07) is 6.08. The number of aromatic nitrogens is 2. The maximum absolute atomic E-state index is 10.6. The molecule has 0 radical (unpaired) electrons. The Morgan fingerprint density at radius 2 is 1.82 bits per heavy atom. The number of methoxy groups -OCH3 is 1. The van der Waals surface area contributed by atoms with Crippen molar-refractivity contribution in [3.05, 3.63) is 46.8 Å². The van der Waals surface area contributed by atoms with Gasteiger partial charge in [-0.15, -0.1) is 0 Å². The van der Waals surface area contributed by atoms with Crippen molar-refractivity contribution in [1.29, 1.82) is 0 Å². The zero-order valence-corrected chi connectivity index (χ0v) is 9.03. The van der Waals surface area contributed by atoms with Gasteiger partial charge in [0.1, 0.15) is 5.75 Å². The summed E-state index contributed by atoms with van der Waals surface area (Å²) < 4.78 is 5.05. The summed E-state index contributed by atoms with van der Waals surface area (Å²) in [5.41, 5.74) is 0.964. The summed E-state index contributed by atoms with van der Waals surface area (Å²) in [6.45, 7) is 0. The van der Waals surface area contributed by atoms with Gasteiger partial charge in [0.25, 0.3) is 5.69 Å². The number of hydrogen-bond donors (Lipinski definition) is 0. The molecule has 6 nitrogen and oxygen atoms in total. The van der Waals surface area contributed by atoms with E-state index in [1.807, 2.05) is 0 Å². The Balaban J connectivity index is 2.45. The lowest BCUT2D eigenvalue weighted by Crippen LogP contribution is -1.92. The molecule has 0 aliphatic rings. The van der Waals surface area contributed by atoms with Crippen LogP contribution in [-0.2, 0) is 0 Å². The van der Waals surface area contributed by atoms with Crippen LogP contribution in [0.1, 0.15) is 0 Å². The van der Waals surface area contributed by atoms with Crippen LogP contribution >= 0.6 is 0 Å². The Morgan fingerprint density at radius 1 is 1.18 bits per heavy atom. The molecule has 2 heterocycles. The zero-order chi connectivity index (χ0) is 12.3. The fourth-order valence-corrected chi connectivity index (χ4v) is 1.35. The molecule has 2 aromatic heterocycles. The van der Waals surface area contributed by atoms with Gasteiger partial charge in [0.05, 0.1) is 23.4 Å². The molecule has 0 aliphatic heterocycles. The highest BCUT2D eigenvalue weighted by molar-refractivity contribution is 5.58. The number of rotatable bonds is 3. The fraction of sp³-hybridized carbons (Fsp3) is 0.0909. The molecule has 0 aliphatic carbocycles. The Hall–Kier alpha value is -2.50. The van der Waals surface area contributed by atoms with Crippen LogP contribution in [0.5, 0.6) is 5.75 Å². The summed E-state index contributed by atoms with van der Waals surface area (Å²) in [7, 11) is 1.54. The SMILES string of the molecule is COc1ccnc(-c2cc([N+](=O)[O-])ccn2)c1. The van der Waals surface area contributed by atoms with E-state index < -0.39 is 4.92 Å². The van der Waals surface area contributed by atoms with E-state index in [1.165, 1.54) is 18.3 Å². The summed E-state index contributed by atoms with van der Waals surface area (Å²) in [6.07, 6.45) is 2.95. The van der Waals surface area contributed by atoms with E-state index in [1.54, 1.807) is 25.4 Å². The maximum Gasteiger partial charge on any atom is 0.273 e. The van der Waals surface area contributed by atoms with Gasteiger partial charge in [0.2, 0.25) is 0 Å². The van der Waals surface area contributed by atoms with E-state index in [9.17, 15) is 10.1 Å². The molecule has 0 bridgehead atoms. The monoisotopic (exact) mass is 231 g/mol. The predicted molar refractivity (Wildman–Crippen MR) is 60.7 cm³/mol. The minimum Gasteiger partial charge on any atom is -0.497 e. The first-order chi connectivity index (χ1) is 8.20. The van der Waals surface area contributed by atoms with Gasteiger partial charge in [-0.2, -0.15) is 0 Å². The molecule has 0 N–H and O–H groups in total. The second-order valence-corrected chi connectivity index (χ2v) is 3.24. The molecule has 0 saturated carbocycles. The smallest absolute Gasteiger partial charge is 0.273 e. The molecular formula is C11H9N3O3. The predicted octanol–water partition coefficient (Wildman–Crippen LogP) is 2.06. The van der Waals surface area contributed by atoms with Gasteiger partial charge >= 0.3 is 0 Å². The van der Waals surface area contributed by atoms with Crippen molar-refractivity contribution in [3.8, 4) is 17.1 Å². The Bertz CT molecular complexity index is 557. The van der Waals surface area contributed by atoms with Crippen molar-refractivity contribution >= 4 is 5.69 Å². The molecule has 2 rings (SSSR count). The highest BCUT2D eigenvalue weighted by Gasteiger charge is 2.09. The summed E-state index contributed by atoms with van der Waals surface area (Å²) in [5.74, 6) is 0.628. The molecule has 17 heavy (non-hydrogen) atoms. The first-order valence-corrected chi connectivity index (χ1v) is 4.81. The molecular weight excluding hydrogens is 222 g/mol. The third-order valence-electron chi connectivity index (χ3n) is 2.18. The Morgan fingerprint density at radius 3 is 2.47 bits per heavy atom. The van der Waals surface area contributed by atoms with Crippen molar-refractivity contribution < 1.29 is 9.66 Å². The fourth-order valence-electron chi connectivity index (χ4n) is 1.35. The summed E-state index contributed by atoms with van der Waals surface area (Å²) in [4.78, 5) is 18.3. The molecule has 0 atom stereocenters. The number of hydrogen-bond acceptors (Lipinski definition) is 5. The van der Waals surface area contributed by atoms with Crippen molar-refractivity contribution in [2.75, 3.05) is 7.11 Å². The van der Waals surface area contributed by atoms with Crippen LogP contribution in [0.2, 0.25) is 0 Å². The minimum absolute atomic E-state index is 0.0142. The van der Waals surface area contributed by atoms with Crippen LogP contribution in [-0.4, -0.2) is 22.0 Å². The number of pyridine rings is 2. The quantitative estimate of drug-likeness (QED) is 0.596. The highest BCUT2D eigenvalue weighted by Crippen LogP contribution is 2.22. The van der Waals surface area contributed by atoms with Gasteiger partial charge in [0, 0.05) is 30.6 Å². The number of nitrogens with zero attached hydrogens (tertiary/aromatic N) is 3. The van der Waals surface area contributed by atoms with E-state index in [4.69, 9.17) is 4.74 Å². The first-order valence-electron chi connectivity index (χ1n) is 4.81. The third-order valence-corrected chi connectivity index (χ3v) is 2.18. The van der Waals surface area contributed by atoms with E-state index in [0.29, 0.717) is 17.1 Å². The van der Waals surface area contributed by atoms with Crippen LogP contribution in [0.15, 0.2) is 36.7 Å². The highest BCUT2D eigenvalue weighted by atomic mass is 16.6. The van der Waals surface area contributed by atoms with E-state index in [-0.39, 0.29) is 5.69 Å². The third kappa shape index (κ3) is 2.36. The lowest BCUT2D eigenvalue weighted by Gasteiger charge is -2.02. The van der Waals surface area contributed by atoms with Gasteiger partial charge in [-0.25, -0.2) is 0 Å². The Kier molecular flexibility index (Phi) is 2.95. The van der Waals surface area contributed by atoms with Crippen molar-refractivity contribution in [2.45, 2.75) is 0 Å². The topological polar surface area (TPSA) is 78.2 Å². The molecule has 0 amide bonds. The van der Waals surface area contributed by atoms with Crippen LogP contribution in [0, 0.1) is 10.1 Å². The average Bonchev–Trinajstić information content (AvgIpc) is 2.39.